The van der Waals surface area contributed by atoms with Gasteiger partial charge in [-0.1, -0.05) is 83.8 Å². The summed E-state index contributed by atoms with van der Waals surface area (Å²) in [6.45, 7) is 22.1. The third kappa shape index (κ3) is 18.7. The van der Waals surface area contributed by atoms with Crippen LogP contribution in [-0.4, -0.2) is 124 Å². The minimum Gasteiger partial charge on any atom is -0.383 e. The predicted molar refractivity (Wildman–Crippen MR) is 298 cm³/mol. The lowest BCUT2D eigenvalue weighted by molar-refractivity contribution is -0.144. The number of ketones is 1. The van der Waals surface area contributed by atoms with Crippen molar-refractivity contribution < 1.29 is 43.2 Å². The summed E-state index contributed by atoms with van der Waals surface area (Å²) in [5.41, 5.74) is 9.27. The number of fused-ring (bicyclic) bond motifs is 2. The molecule has 6 rings (SSSR count). The van der Waals surface area contributed by atoms with Gasteiger partial charge in [0, 0.05) is 32.8 Å². The van der Waals surface area contributed by atoms with Gasteiger partial charge in [0.25, 0.3) is 11.8 Å². The van der Waals surface area contributed by atoms with E-state index >= 15 is 0 Å². The Morgan fingerprint density at radius 1 is 0.640 bits per heavy atom. The molecule has 22 heteroatoms. The van der Waals surface area contributed by atoms with Crippen LogP contribution < -0.4 is 31.5 Å². The fourth-order valence-corrected chi connectivity index (χ4v) is 9.14. The molecule has 0 aliphatic carbocycles. The summed E-state index contributed by atoms with van der Waals surface area (Å²) in [4.78, 5) is 82.5. The van der Waals surface area contributed by atoms with Crippen LogP contribution in [-0.2, 0) is 39.8 Å². The predicted octanol–water partition coefficient (Wildman–Crippen LogP) is 5.89. The zero-order chi connectivity index (χ0) is 56.1. The first-order chi connectivity index (χ1) is 35.1. The molecular formula is C53H76Br2N10O9S. The number of halogens is 2. The number of amides is 5. The number of nitrogens with one attached hydrogen (secondary N) is 6. The maximum absolute atomic E-state index is 12.9. The van der Waals surface area contributed by atoms with Crippen LogP contribution in [0.5, 0.6) is 0 Å². The summed E-state index contributed by atoms with van der Waals surface area (Å²) in [7, 11) is -1.11. The minimum atomic E-state index is -1.19. The monoisotopic (exact) mass is 1190 g/mol. The molecule has 9 atom stereocenters. The summed E-state index contributed by atoms with van der Waals surface area (Å²) in [5, 5.41) is 32.4. The van der Waals surface area contributed by atoms with Crippen molar-refractivity contribution in [1.82, 2.24) is 51.5 Å². The van der Waals surface area contributed by atoms with Crippen LogP contribution in [0.15, 0.2) is 69.6 Å². The summed E-state index contributed by atoms with van der Waals surface area (Å²) in [5.74, 6) is -2.56. The van der Waals surface area contributed by atoms with E-state index in [1.54, 1.807) is 41.5 Å². The minimum absolute atomic E-state index is 0.0144. The molecule has 0 radical (unpaired) electrons. The van der Waals surface area contributed by atoms with Crippen molar-refractivity contribution in [2.45, 2.75) is 162 Å². The van der Waals surface area contributed by atoms with E-state index in [-0.39, 0.29) is 58.2 Å². The summed E-state index contributed by atoms with van der Waals surface area (Å²) >= 11 is 6.91. The molecule has 75 heavy (non-hydrogen) atoms. The van der Waals surface area contributed by atoms with Crippen LogP contribution in [0.4, 0.5) is 0 Å². The molecule has 0 spiro atoms. The second-order valence-corrected chi connectivity index (χ2v) is 24.5. The van der Waals surface area contributed by atoms with Gasteiger partial charge in [-0.15, -0.1) is 0 Å². The number of hydrogen-bond acceptors (Lipinski definition) is 13. The van der Waals surface area contributed by atoms with Crippen LogP contribution in [0.3, 0.4) is 0 Å². The largest absolute Gasteiger partial charge is 0.383 e. The van der Waals surface area contributed by atoms with Crippen molar-refractivity contribution in [2.75, 3.05) is 13.1 Å². The first-order valence-electron chi connectivity index (χ1n) is 25.3. The number of aliphatic hydroxyl groups excluding tert-OH is 2. The van der Waals surface area contributed by atoms with E-state index in [2.05, 4.69) is 73.4 Å². The van der Waals surface area contributed by atoms with Gasteiger partial charge in [-0.25, -0.2) is 19.8 Å². The third-order valence-electron chi connectivity index (χ3n) is 12.4. The van der Waals surface area contributed by atoms with E-state index in [4.69, 9.17) is 0 Å². The highest BCUT2D eigenvalue weighted by Gasteiger charge is 2.33. The zero-order valence-corrected chi connectivity index (χ0v) is 49.0. The van der Waals surface area contributed by atoms with E-state index in [1.807, 2.05) is 95.3 Å². The maximum Gasteiger partial charge on any atom is 0.258 e. The lowest BCUT2D eigenvalue weighted by atomic mass is 10.1. The average molecular weight is 1190 g/mol. The molecule has 8 N–H and O–H groups in total. The SMILES string of the molecule is CC(=O)[C@@H]1CCCN(C(=O)[C@H](C)NC(=O)[C@@H](O)C(C)C)N1.CC(C)[C@H](O)C(=O)N[C@@H](C)C(=O)N1CCC[C@@H](C(=O)N[C@H](C)c2ccc3ccc(Br)cc3n2)N1.C[C@@H](N[S@@](=O)C(C)(C)C)c1ccc2ccc(Br)cc2n1. The molecule has 2 saturated heterocycles. The summed E-state index contributed by atoms with van der Waals surface area (Å²) in [6, 6.07) is 16.9. The zero-order valence-electron chi connectivity index (χ0n) is 45.0. The molecular weight excluding hydrogens is 1110 g/mol. The van der Waals surface area contributed by atoms with Crippen molar-refractivity contribution in [1.29, 1.82) is 0 Å². The van der Waals surface area contributed by atoms with Crippen molar-refractivity contribution >= 4 is 100.0 Å². The van der Waals surface area contributed by atoms with Crippen LogP contribution in [0, 0.1) is 11.8 Å². The fraction of sp³-hybridized carbons (Fsp3) is 0.547. The molecule has 5 amide bonds. The van der Waals surface area contributed by atoms with Crippen LogP contribution >= 0.6 is 31.9 Å². The van der Waals surface area contributed by atoms with Crippen molar-refractivity contribution in [3.8, 4) is 0 Å². The smallest absolute Gasteiger partial charge is 0.258 e. The van der Waals surface area contributed by atoms with Gasteiger partial charge in [0.15, 0.2) is 0 Å². The Balaban J connectivity index is 0.000000257. The molecule has 0 saturated carbocycles. The van der Waals surface area contributed by atoms with Gasteiger partial charge in [0.2, 0.25) is 17.7 Å². The number of Topliss-reactive ketones (excluding diaryl/α,β-unsaturated/α-hetero) is 1. The van der Waals surface area contributed by atoms with Crippen molar-refractivity contribution in [3.05, 3.63) is 81.0 Å². The van der Waals surface area contributed by atoms with Gasteiger partial charge < -0.3 is 26.2 Å². The highest BCUT2D eigenvalue weighted by atomic mass is 79.9. The number of aromatic nitrogens is 2. The number of pyridine rings is 2. The Morgan fingerprint density at radius 3 is 1.45 bits per heavy atom. The maximum atomic E-state index is 12.9. The number of aliphatic hydroxyl groups is 2. The van der Waals surface area contributed by atoms with Gasteiger partial charge >= 0.3 is 0 Å². The first kappa shape index (κ1) is 62.7. The number of hydrogen-bond donors (Lipinski definition) is 8. The lowest BCUT2D eigenvalue weighted by Gasteiger charge is -2.35. The number of benzene rings is 2. The van der Waals surface area contributed by atoms with Gasteiger partial charge in [-0.2, -0.15) is 0 Å². The highest BCUT2D eigenvalue weighted by Crippen LogP contribution is 2.24. The van der Waals surface area contributed by atoms with Gasteiger partial charge in [0.1, 0.15) is 36.1 Å². The fourth-order valence-electron chi connectivity index (χ4n) is 7.65. The summed E-state index contributed by atoms with van der Waals surface area (Å²) < 4.78 is 16.9. The van der Waals surface area contributed by atoms with E-state index in [9.17, 15) is 43.2 Å². The van der Waals surface area contributed by atoms with Crippen LogP contribution in [0.1, 0.15) is 132 Å². The molecule has 0 bridgehead atoms. The first-order valence-corrected chi connectivity index (χ1v) is 28.0. The van der Waals surface area contributed by atoms with Crippen molar-refractivity contribution in [2.24, 2.45) is 11.8 Å². The van der Waals surface area contributed by atoms with Crippen LogP contribution in [0.25, 0.3) is 21.8 Å². The average Bonchev–Trinajstić information content (AvgIpc) is 3.36. The molecule has 0 unspecified atom stereocenters. The molecule has 4 aromatic rings. The number of hydrazine groups is 2. The Labute approximate surface area is 460 Å². The second-order valence-electron chi connectivity index (χ2n) is 20.7. The molecule has 4 heterocycles. The standard InChI is InChI=1S/C24H32BrN5O4.C15H19BrN2OS.C14H25N3O4/c1-13(2)21(31)23(33)27-15(4)24(34)30-11-5-6-19(29-30)22(32)26-14(3)18-10-8-16-7-9-17(25)12-20(16)28-18;1-10(18-20(19)15(2,3)4)13-8-6-11-5-7-12(16)9-14(11)17-13;1-8(2)12(19)13(20)15-9(3)14(21)17-7-5-6-11(16-17)10(4)18/h7-10,12-15,19,21,29,31H,5-6,11H2,1-4H3,(H,26,32)(H,27,33);5-10,18H,1-4H3;8-9,11-12,16,19H,5-7H2,1-4H3,(H,15,20)/t14-,15+,19+,21+;10-,20+;9-,11-,12-/m110/s1. The Kier molecular flexibility index (Phi) is 23.9. The van der Waals surface area contributed by atoms with Gasteiger partial charge in [-0.3, -0.25) is 48.8 Å². The van der Waals surface area contributed by atoms with E-state index in [0.717, 1.165) is 48.6 Å². The molecule has 2 aliphatic rings. The summed E-state index contributed by atoms with van der Waals surface area (Å²) in [6.07, 6.45) is 0.328. The molecule has 19 nitrogen and oxygen atoms in total. The third-order valence-corrected chi connectivity index (χ3v) is 15.1. The van der Waals surface area contributed by atoms with E-state index in [1.165, 1.54) is 16.9 Å². The molecule has 2 aromatic carbocycles. The van der Waals surface area contributed by atoms with Crippen LogP contribution in [0.2, 0.25) is 0 Å². The van der Waals surface area contributed by atoms with Crippen molar-refractivity contribution in [3.63, 3.8) is 0 Å². The molecule has 2 aliphatic heterocycles. The number of rotatable bonds is 15. The second kappa shape index (κ2) is 28.5. The molecule has 412 valence electrons. The van der Waals surface area contributed by atoms with Gasteiger partial charge in [-0.05, 0) is 129 Å². The number of nitrogens with zero attached hydrogens (tertiary/aromatic N) is 4. The Bertz CT molecular complexity index is 2670. The molecule has 2 fully saturated rings. The topological polar surface area (TPSA) is 264 Å². The van der Waals surface area contributed by atoms with Gasteiger partial charge in [0.05, 0.1) is 56.3 Å². The Hall–Kier alpha value is -4.81. The quantitative estimate of drug-likeness (QED) is 0.0691. The van der Waals surface area contributed by atoms with E-state index < -0.39 is 53.1 Å². The van der Waals surface area contributed by atoms with E-state index in [0.29, 0.717) is 32.4 Å². The molecule has 2 aromatic heterocycles. The Morgan fingerprint density at radius 2 is 1.04 bits per heavy atom. The lowest BCUT2D eigenvalue weighted by Crippen LogP contribution is -2.61. The number of carbonyl (C=O) groups excluding carboxylic acids is 6. The normalized spacial score (nSPS) is 18.7. The number of carbonyl (C=O) groups is 6. The highest BCUT2D eigenvalue weighted by molar-refractivity contribution is 9.10.